The Morgan fingerprint density at radius 2 is 1.50 bits per heavy atom. The molecule has 0 aliphatic rings. The summed E-state index contributed by atoms with van der Waals surface area (Å²) in [4.78, 5) is 12.5. The molecule has 2 aromatic carbocycles. The maximum Gasteiger partial charge on any atom is 0.200 e. The zero-order valence-electron chi connectivity index (χ0n) is 9.97. The molecule has 0 bridgehead atoms. The second-order valence-electron chi connectivity index (χ2n) is 4.17. The molecule has 3 heteroatoms. The number of rotatable bonds is 4. The van der Waals surface area contributed by atoms with E-state index in [1.165, 1.54) is 0 Å². The number of benzene rings is 2. The highest BCUT2D eigenvalue weighted by atomic mass is 79.9. The van der Waals surface area contributed by atoms with Gasteiger partial charge in [-0.2, -0.15) is 0 Å². The van der Waals surface area contributed by atoms with Crippen LogP contribution >= 0.6 is 16.3 Å². The van der Waals surface area contributed by atoms with Gasteiger partial charge in [-0.05, 0) is 12.5 Å². The molecule has 2 rings (SSSR count). The summed E-state index contributed by atoms with van der Waals surface area (Å²) in [6, 6.07) is 18.6. The van der Waals surface area contributed by atoms with E-state index in [2.05, 4.69) is 16.3 Å². The molecule has 1 unspecified atom stereocenters. The van der Waals surface area contributed by atoms with Gasteiger partial charge in [-0.15, -0.1) is 0 Å². The molecule has 0 aromatic heterocycles. The van der Waals surface area contributed by atoms with Crippen molar-refractivity contribution >= 4 is 22.0 Å². The fraction of sp³-hybridized carbons (Fsp3) is 0.133. The SMILES string of the molecule is CC(OBr)(C(=O)c1ccccc1)c1ccccc1. The minimum absolute atomic E-state index is 0.0776. The summed E-state index contributed by atoms with van der Waals surface area (Å²) in [5.74, 6) is -0.0776. The zero-order valence-corrected chi connectivity index (χ0v) is 11.6. The third-order valence-electron chi connectivity index (χ3n) is 2.95. The van der Waals surface area contributed by atoms with Crippen molar-refractivity contribution in [3.63, 3.8) is 0 Å². The van der Waals surface area contributed by atoms with Gasteiger partial charge in [-0.3, -0.25) is 8.62 Å². The number of carbonyl (C=O) groups excluding carboxylic acids is 1. The molecule has 1 atom stereocenters. The first-order chi connectivity index (χ1) is 8.68. The molecule has 0 heterocycles. The van der Waals surface area contributed by atoms with Gasteiger partial charge in [-0.1, -0.05) is 60.7 Å². The molecule has 0 N–H and O–H groups in total. The Kier molecular flexibility index (Phi) is 3.94. The van der Waals surface area contributed by atoms with E-state index in [0.717, 1.165) is 5.56 Å². The first-order valence-corrected chi connectivity index (χ1v) is 6.28. The van der Waals surface area contributed by atoms with Crippen LogP contribution in [-0.4, -0.2) is 5.78 Å². The summed E-state index contributed by atoms with van der Waals surface area (Å²) in [6.07, 6.45) is 0. The minimum atomic E-state index is -1.03. The Balaban J connectivity index is 2.43. The van der Waals surface area contributed by atoms with Crippen LogP contribution in [0.5, 0.6) is 0 Å². The van der Waals surface area contributed by atoms with Crippen molar-refractivity contribution in [2.24, 2.45) is 0 Å². The number of ketones is 1. The second kappa shape index (κ2) is 5.46. The third-order valence-corrected chi connectivity index (χ3v) is 3.60. The minimum Gasteiger partial charge on any atom is -0.290 e. The first-order valence-electron chi connectivity index (χ1n) is 5.63. The Labute approximate surface area is 115 Å². The van der Waals surface area contributed by atoms with Gasteiger partial charge in [0.1, 0.15) is 16.3 Å². The Morgan fingerprint density at radius 3 is 2.00 bits per heavy atom. The smallest absolute Gasteiger partial charge is 0.200 e. The quantitative estimate of drug-likeness (QED) is 0.795. The standard InChI is InChI=1S/C15H13BrO2/c1-15(18-16,13-10-6-3-7-11-13)14(17)12-8-4-2-5-9-12/h2-11H,1H3. The lowest BCUT2D eigenvalue weighted by atomic mass is 9.88. The van der Waals surface area contributed by atoms with Crippen molar-refractivity contribution in [3.8, 4) is 0 Å². The maximum atomic E-state index is 12.5. The van der Waals surface area contributed by atoms with Crippen molar-refractivity contribution in [1.82, 2.24) is 0 Å². The van der Waals surface area contributed by atoms with Crippen LogP contribution in [0.15, 0.2) is 60.7 Å². The molecule has 0 aliphatic carbocycles. The fourth-order valence-corrected chi connectivity index (χ4v) is 2.17. The van der Waals surface area contributed by atoms with Crippen molar-refractivity contribution in [3.05, 3.63) is 71.8 Å². The fourth-order valence-electron chi connectivity index (χ4n) is 1.83. The average molecular weight is 305 g/mol. The van der Waals surface area contributed by atoms with E-state index in [1.54, 1.807) is 19.1 Å². The summed E-state index contributed by atoms with van der Waals surface area (Å²) in [7, 11) is 0. The van der Waals surface area contributed by atoms with E-state index in [0.29, 0.717) is 5.56 Å². The van der Waals surface area contributed by atoms with Crippen LogP contribution in [0.1, 0.15) is 22.8 Å². The normalized spacial score (nSPS) is 13.9. The number of hydrogen-bond acceptors (Lipinski definition) is 2. The molecule has 18 heavy (non-hydrogen) atoms. The van der Waals surface area contributed by atoms with Gasteiger partial charge < -0.3 is 0 Å². The average Bonchev–Trinajstić information content (AvgIpc) is 2.47. The van der Waals surface area contributed by atoms with Crippen LogP contribution in [0, 0.1) is 0 Å². The van der Waals surface area contributed by atoms with Crippen LogP contribution in [-0.2, 0) is 9.43 Å². The number of carbonyl (C=O) groups is 1. The molecule has 2 nitrogen and oxygen atoms in total. The first kappa shape index (κ1) is 13.0. The summed E-state index contributed by atoms with van der Waals surface area (Å²) >= 11 is 2.99. The summed E-state index contributed by atoms with van der Waals surface area (Å²) < 4.78 is 5.30. The topological polar surface area (TPSA) is 26.3 Å². The van der Waals surface area contributed by atoms with Crippen LogP contribution in [0.2, 0.25) is 0 Å². The summed E-state index contributed by atoms with van der Waals surface area (Å²) in [5.41, 5.74) is 0.418. The van der Waals surface area contributed by atoms with Gasteiger partial charge in [0.25, 0.3) is 0 Å². The van der Waals surface area contributed by atoms with Gasteiger partial charge in [0.2, 0.25) is 0 Å². The van der Waals surface area contributed by atoms with Gasteiger partial charge in [-0.25, -0.2) is 0 Å². The van der Waals surface area contributed by atoms with Gasteiger partial charge in [0, 0.05) is 5.56 Å². The lowest BCUT2D eigenvalue weighted by Crippen LogP contribution is -2.33. The van der Waals surface area contributed by atoms with E-state index in [-0.39, 0.29) is 5.78 Å². The lowest BCUT2D eigenvalue weighted by molar-refractivity contribution is 0.0619. The van der Waals surface area contributed by atoms with Gasteiger partial charge >= 0.3 is 0 Å². The molecule has 0 aliphatic heterocycles. The maximum absolute atomic E-state index is 12.5. The Hall–Kier alpha value is -1.45. The molecular weight excluding hydrogens is 292 g/mol. The highest BCUT2D eigenvalue weighted by Crippen LogP contribution is 2.31. The summed E-state index contributed by atoms with van der Waals surface area (Å²) in [6.45, 7) is 1.76. The molecule has 2 aromatic rings. The molecule has 0 saturated carbocycles. The predicted octanol–water partition coefficient (Wildman–Crippen LogP) is 4.11. The van der Waals surface area contributed by atoms with Crippen LogP contribution < -0.4 is 0 Å². The lowest BCUT2D eigenvalue weighted by Gasteiger charge is -2.25. The van der Waals surface area contributed by atoms with Gasteiger partial charge in [0.05, 0.1) is 0 Å². The largest absolute Gasteiger partial charge is 0.290 e. The van der Waals surface area contributed by atoms with Gasteiger partial charge in [0.15, 0.2) is 11.4 Å². The predicted molar refractivity (Wildman–Crippen MR) is 74.6 cm³/mol. The number of hydrogen-bond donors (Lipinski definition) is 0. The number of Topliss-reactive ketones (excluding diaryl/α,β-unsaturated/α-hetero) is 1. The van der Waals surface area contributed by atoms with Crippen molar-refractivity contribution in [2.45, 2.75) is 12.5 Å². The summed E-state index contributed by atoms with van der Waals surface area (Å²) in [5, 5.41) is 0. The van der Waals surface area contributed by atoms with E-state index in [1.807, 2.05) is 48.5 Å². The Morgan fingerprint density at radius 1 is 1.00 bits per heavy atom. The monoisotopic (exact) mass is 304 g/mol. The molecule has 0 spiro atoms. The van der Waals surface area contributed by atoms with Crippen LogP contribution in [0.3, 0.4) is 0 Å². The molecule has 0 radical (unpaired) electrons. The second-order valence-corrected chi connectivity index (χ2v) is 4.50. The molecule has 92 valence electrons. The molecular formula is C15H13BrO2. The third kappa shape index (κ3) is 2.37. The van der Waals surface area contributed by atoms with E-state index >= 15 is 0 Å². The molecule has 0 fully saturated rings. The van der Waals surface area contributed by atoms with E-state index < -0.39 is 5.60 Å². The van der Waals surface area contributed by atoms with Crippen LogP contribution in [0.4, 0.5) is 0 Å². The van der Waals surface area contributed by atoms with Crippen molar-refractivity contribution in [1.29, 1.82) is 0 Å². The highest BCUT2D eigenvalue weighted by Gasteiger charge is 2.36. The molecule has 0 amide bonds. The highest BCUT2D eigenvalue weighted by molar-refractivity contribution is 9.06. The van der Waals surface area contributed by atoms with E-state index in [9.17, 15) is 4.79 Å². The zero-order chi connectivity index (χ0) is 13.0. The van der Waals surface area contributed by atoms with Crippen molar-refractivity contribution < 1.29 is 8.62 Å². The van der Waals surface area contributed by atoms with Crippen molar-refractivity contribution in [2.75, 3.05) is 0 Å². The van der Waals surface area contributed by atoms with E-state index in [4.69, 9.17) is 3.83 Å². The molecule has 0 saturated heterocycles. The Bertz CT molecular complexity index is 525. The number of halogens is 1. The van der Waals surface area contributed by atoms with Crippen LogP contribution in [0.25, 0.3) is 0 Å².